The van der Waals surface area contributed by atoms with Crippen LogP contribution in [0.2, 0.25) is 5.15 Å². The molecule has 27 heavy (non-hydrogen) atoms. The van der Waals surface area contributed by atoms with Gasteiger partial charge in [0, 0.05) is 12.6 Å². The largest absolute Gasteiger partial charge is 0.480 e. The number of hydrogen-bond donors (Lipinski definition) is 2. The van der Waals surface area contributed by atoms with Crippen LogP contribution in [-0.2, 0) is 11.2 Å². The van der Waals surface area contributed by atoms with Crippen molar-refractivity contribution in [2.45, 2.75) is 16.8 Å². The summed E-state index contributed by atoms with van der Waals surface area (Å²) in [7, 11) is 0. The van der Waals surface area contributed by atoms with Crippen LogP contribution in [0.15, 0.2) is 71.9 Å². The fourth-order valence-corrected chi connectivity index (χ4v) is 3.65. The van der Waals surface area contributed by atoms with Crippen molar-refractivity contribution in [1.29, 1.82) is 0 Å². The number of aliphatic carboxylic acids is 1. The molecule has 2 N–H and O–H groups in total. The number of nitrogens with zero attached hydrogens (tertiary/aromatic N) is 2. The molecular formula is C20H18ClN3O2S. The van der Waals surface area contributed by atoms with Crippen LogP contribution in [0.1, 0.15) is 16.4 Å². The number of carboxylic acid groups (broad SMARTS) is 1. The molecule has 0 spiro atoms. The van der Waals surface area contributed by atoms with Gasteiger partial charge in [-0.1, -0.05) is 84.0 Å². The monoisotopic (exact) mass is 399 g/mol. The Hall–Kier alpha value is -2.57. The highest BCUT2D eigenvalue weighted by atomic mass is 35.5. The molecule has 1 aromatic heterocycles. The highest BCUT2D eigenvalue weighted by Crippen LogP contribution is 2.34. The minimum atomic E-state index is -0.951. The lowest BCUT2D eigenvalue weighted by atomic mass is 10.1. The Labute approximate surface area is 166 Å². The van der Waals surface area contributed by atoms with Crippen LogP contribution in [-0.4, -0.2) is 27.6 Å². The number of carboxylic acids is 1. The van der Waals surface area contributed by atoms with Crippen LogP contribution in [0.3, 0.4) is 0 Å². The van der Waals surface area contributed by atoms with Gasteiger partial charge in [-0.2, -0.15) is 0 Å². The molecule has 2 aromatic carbocycles. The fourth-order valence-electron chi connectivity index (χ4n) is 2.51. The minimum absolute atomic E-state index is 0.270. The molecule has 0 saturated carbocycles. The second-order valence-corrected chi connectivity index (χ2v) is 7.23. The van der Waals surface area contributed by atoms with Crippen molar-refractivity contribution in [3.8, 4) is 0 Å². The van der Waals surface area contributed by atoms with Gasteiger partial charge in [-0.3, -0.25) is 4.79 Å². The first kappa shape index (κ1) is 19.2. The van der Waals surface area contributed by atoms with Crippen molar-refractivity contribution in [2.24, 2.45) is 0 Å². The average Bonchev–Trinajstić information content (AvgIpc) is 2.67. The molecule has 1 atom stereocenters. The molecule has 0 saturated heterocycles. The summed E-state index contributed by atoms with van der Waals surface area (Å²) in [5.41, 5.74) is 1.90. The van der Waals surface area contributed by atoms with Crippen LogP contribution < -0.4 is 5.32 Å². The van der Waals surface area contributed by atoms with Gasteiger partial charge in [0.25, 0.3) is 0 Å². The summed E-state index contributed by atoms with van der Waals surface area (Å²) in [4.78, 5) is 20.2. The van der Waals surface area contributed by atoms with Gasteiger partial charge in [0.1, 0.15) is 16.2 Å². The summed E-state index contributed by atoms with van der Waals surface area (Å²) in [5, 5.41) is 12.6. The summed E-state index contributed by atoms with van der Waals surface area (Å²) in [6, 6.07) is 20.7. The summed E-state index contributed by atoms with van der Waals surface area (Å²) >= 11 is 7.16. The first-order valence-corrected chi connectivity index (χ1v) is 9.64. The van der Waals surface area contributed by atoms with Gasteiger partial charge in [0.05, 0.1) is 0 Å². The Morgan fingerprint density at radius 3 is 2.41 bits per heavy atom. The predicted molar refractivity (Wildman–Crippen MR) is 108 cm³/mol. The zero-order valence-corrected chi connectivity index (χ0v) is 16.0. The molecule has 0 aliphatic rings. The van der Waals surface area contributed by atoms with E-state index in [0.717, 1.165) is 18.2 Å². The van der Waals surface area contributed by atoms with Crippen molar-refractivity contribution in [2.75, 3.05) is 11.9 Å². The van der Waals surface area contributed by atoms with Crippen molar-refractivity contribution in [3.63, 3.8) is 0 Å². The molecule has 0 aliphatic heterocycles. The van der Waals surface area contributed by atoms with E-state index in [0.29, 0.717) is 23.1 Å². The standard InChI is InChI=1S/C20H18ClN3O2S/c21-16-13-17(22-12-11-14-7-3-1-4-8-14)24-20(23-16)27-18(19(25)26)15-9-5-2-6-10-15/h1-10,13,18H,11-12H2,(H,25,26)(H,22,23,24). The molecule has 3 rings (SSSR count). The van der Waals surface area contributed by atoms with Gasteiger partial charge in [-0.05, 0) is 17.5 Å². The Morgan fingerprint density at radius 1 is 1.07 bits per heavy atom. The van der Waals surface area contributed by atoms with Gasteiger partial charge in [0.2, 0.25) is 0 Å². The topological polar surface area (TPSA) is 75.1 Å². The van der Waals surface area contributed by atoms with E-state index in [-0.39, 0.29) is 5.15 Å². The third-order valence-electron chi connectivity index (χ3n) is 3.79. The predicted octanol–water partition coefficient (Wildman–Crippen LogP) is 4.70. The Balaban J connectivity index is 1.69. The lowest BCUT2D eigenvalue weighted by molar-refractivity contribution is -0.136. The van der Waals surface area contributed by atoms with Crippen molar-refractivity contribution < 1.29 is 9.90 Å². The smallest absolute Gasteiger partial charge is 0.321 e. The Bertz CT molecular complexity index is 894. The third kappa shape index (κ3) is 5.70. The number of halogens is 1. The normalized spacial score (nSPS) is 11.7. The molecule has 1 unspecified atom stereocenters. The van der Waals surface area contributed by atoms with E-state index in [1.165, 1.54) is 5.56 Å². The van der Waals surface area contributed by atoms with Gasteiger partial charge >= 0.3 is 5.97 Å². The van der Waals surface area contributed by atoms with Gasteiger partial charge in [-0.25, -0.2) is 9.97 Å². The summed E-state index contributed by atoms with van der Waals surface area (Å²) in [6.07, 6.45) is 0.840. The highest BCUT2D eigenvalue weighted by Gasteiger charge is 2.23. The summed E-state index contributed by atoms with van der Waals surface area (Å²) in [6.45, 7) is 0.683. The van der Waals surface area contributed by atoms with Crippen LogP contribution in [0.4, 0.5) is 5.82 Å². The maximum Gasteiger partial charge on any atom is 0.321 e. The zero-order valence-electron chi connectivity index (χ0n) is 14.4. The van der Waals surface area contributed by atoms with E-state index in [2.05, 4.69) is 27.4 Å². The molecule has 0 amide bonds. The quantitative estimate of drug-likeness (QED) is 0.325. The maximum atomic E-state index is 11.7. The third-order valence-corrected chi connectivity index (χ3v) is 5.08. The Morgan fingerprint density at radius 2 is 1.74 bits per heavy atom. The van der Waals surface area contributed by atoms with Crippen LogP contribution in [0, 0.1) is 0 Å². The number of benzene rings is 2. The highest BCUT2D eigenvalue weighted by molar-refractivity contribution is 8.00. The molecule has 3 aromatic rings. The molecule has 0 bridgehead atoms. The second kappa shape index (κ2) is 9.39. The van der Waals surface area contributed by atoms with E-state index >= 15 is 0 Å². The van der Waals surface area contributed by atoms with Gasteiger partial charge < -0.3 is 10.4 Å². The van der Waals surface area contributed by atoms with Crippen molar-refractivity contribution >= 4 is 35.1 Å². The molecule has 0 radical (unpaired) electrons. The van der Waals surface area contributed by atoms with E-state index in [1.54, 1.807) is 30.3 Å². The van der Waals surface area contributed by atoms with Crippen molar-refractivity contribution in [1.82, 2.24) is 9.97 Å². The Kier molecular flexibility index (Phi) is 6.68. The molecule has 138 valence electrons. The van der Waals surface area contributed by atoms with E-state index in [9.17, 15) is 9.90 Å². The van der Waals surface area contributed by atoms with Crippen LogP contribution in [0.5, 0.6) is 0 Å². The number of anilines is 1. The molecular weight excluding hydrogens is 382 g/mol. The first-order chi connectivity index (χ1) is 13.1. The lowest BCUT2D eigenvalue weighted by Gasteiger charge is -2.12. The number of hydrogen-bond acceptors (Lipinski definition) is 5. The van der Waals surface area contributed by atoms with Gasteiger partial charge in [-0.15, -0.1) is 0 Å². The number of rotatable bonds is 8. The van der Waals surface area contributed by atoms with Crippen LogP contribution in [0.25, 0.3) is 0 Å². The number of aromatic nitrogens is 2. The lowest BCUT2D eigenvalue weighted by Crippen LogP contribution is -2.10. The number of nitrogens with one attached hydrogen (secondary N) is 1. The molecule has 0 aliphatic carbocycles. The molecule has 5 nitrogen and oxygen atoms in total. The SMILES string of the molecule is O=C(O)C(Sc1nc(Cl)cc(NCCc2ccccc2)n1)c1ccccc1. The molecule has 0 fully saturated rings. The average molecular weight is 400 g/mol. The van der Waals surface area contributed by atoms with E-state index < -0.39 is 11.2 Å². The van der Waals surface area contributed by atoms with E-state index in [4.69, 9.17) is 11.6 Å². The van der Waals surface area contributed by atoms with E-state index in [1.807, 2.05) is 24.3 Å². The molecule has 7 heteroatoms. The van der Waals surface area contributed by atoms with Gasteiger partial charge in [0.15, 0.2) is 5.16 Å². The molecule has 1 heterocycles. The minimum Gasteiger partial charge on any atom is -0.480 e. The first-order valence-electron chi connectivity index (χ1n) is 8.38. The zero-order chi connectivity index (χ0) is 19.1. The fraction of sp³-hybridized carbons (Fsp3) is 0.150. The van der Waals surface area contributed by atoms with Crippen molar-refractivity contribution in [3.05, 3.63) is 83.0 Å². The number of thioether (sulfide) groups is 1. The number of carbonyl (C=O) groups is 1. The maximum absolute atomic E-state index is 11.7. The summed E-state index contributed by atoms with van der Waals surface area (Å²) in [5.74, 6) is -0.376. The van der Waals surface area contributed by atoms with Crippen LogP contribution >= 0.6 is 23.4 Å². The summed E-state index contributed by atoms with van der Waals surface area (Å²) < 4.78 is 0. The second-order valence-electron chi connectivity index (χ2n) is 5.77.